The maximum Gasteiger partial charge on any atom is 0.346 e. The number of nitrogens with one attached hydrogen (secondary N) is 1. The second kappa shape index (κ2) is 8.30. The van der Waals surface area contributed by atoms with Gasteiger partial charge < -0.3 is 14.8 Å². The summed E-state index contributed by atoms with van der Waals surface area (Å²) in [6.07, 6.45) is 0. The Morgan fingerprint density at radius 3 is 2.29 bits per heavy atom. The van der Waals surface area contributed by atoms with Crippen LogP contribution in [0.2, 0.25) is 0 Å². The van der Waals surface area contributed by atoms with Crippen LogP contribution in [0.25, 0.3) is 0 Å². The Kier molecular flexibility index (Phi) is 5.64. The van der Waals surface area contributed by atoms with Crippen LogP contribution in [0.5, 0.6) is 11.5 Å². The van der Waals surface area contributed by atoms with E-state index in [1.807, 2.05) is 0 Å². The first kappa shape index (κ1) is 19.0. The van der Waals surface area contributed by atoms with Gasteiger partial charge in [0, 0.05) is 11.8 Å². The Balaban J connectivity index is 1.68. The van der Waals surface area contributed by atoms with Crippen LogP contribution in [0, 0.1) is 11.6 Å². The van der Waals surface area contributed by atoms with E-state index in [1.54, 1.807) is 24.3 Å². The van der Waals surface area contributed by atoms with Crippen molar-refractivity contribution in [2.24, 2.45) is 0 Å². The molecule has 0 aliphatic carbocycles. The third kappa shape index (κ3) is 4.32. The Morgan fingerprint density at radius 1 is 0.893 bits per heavy atom. The molecule has 0 unspecified atom stereocenters. The molecule has 1 N–H and O–H groups in total. The Labute approximate surface area is 159 Å². The first-order valence-corrected chi connectivity index (χ1v) is 8.19. The molecule has 3 rings (SSSR count). The number of esters is 1. The van der Waals surface area contributed by atoms with Gasteiger partial charge >= 0.3 is 5.97 Å². The van der Waals surface area contributed by atoms with E-state index in [-0.39, 0.29) is 17.2 Å². The van der Waals surface area contributed by atoms with Crippen molar-refractivity contribution < 1.29 is 27.8 Å². The van der Waals surface area contributed by atoms with Crippen LogP contribution in [0.4, 0.5) is 14.5 Å². The van der Waals surface area contributed by atoms with Crippen molar-refractivity contribution in [3.63, 3.8) is 0 Å². The Hall–Kier alpha value is -3.74. The first-order chi connectivity index (χ1) is 13.5. The molecule has 0 aliphatic rings. The number of methoxy groups -OCH3 is 1. The summed E-state index contributed by atoms with van der Waals surface area (Å²) in [6.45, 7) is 0. The van der Waals surface area contributed by atoms with Gasteiger partial charge in [0.05, 0.1) is 18.2 Å². The SMILES string of the molecule is COc1ccccc1C(=O)Nc1ccc(OC(=O)c2ccc(F)cc2F)cc1. The van der Waals surface area contributed by atoms with Crippen molar-refractivity contribution in [1.29, 1.82) is 0 Å². The predicted octanol–water partition coefficient (Wildman–Crippen LogP) is 4.44. The number of amides is 1. The molecule has 0 heterocycles. The number of benzene rings is 3. The molecule has 0 fully saturated rings. The molecule has 0 bridgehead atoms. The average molecular weight is 383 g/mol. The molecule has 142 valence electrons. The molecule has 0 saturated heterocycles. The lowest BCUT2D eigenvalue weighted by Crippen LogP contribution is -2.13. The monoisotopic (exact) mass is 383 g/mol. The van der Waals surface area contributed by atoms with E-state index in [0.29, 0.717) is 23.1 Å². The largest absolute Gasteiger partial charge is 0.496 e. The predicted molar refractivity (Wildman–Crippen MR) is 98.7 cm³/mol. The second-order valence-corrected chi connectivity index (χ2v) is 5.69. The number of hydrogen-bond donors (Lipinski definition) is 1. The van der Waals surface area contributed by atoms with Crippen molar-refractivity contribution in [3.05, 3.63) is 89.5 Å². The van der Waals surface area contributed by atoms with Crippen molar-refractivity contribution in [1.82, 2.24) is 0 Å². The van der Waals surface area contributed by atoms with E-state index in [9.17, 15) is 18.4 Å². The van der Waals surface area contributed by atoms with Crippen LogP contribution >= 0.6 is 0 Å². The maximum absolute atomic E-state index is 13.6. The summed E-state index contributed by atoms with van der Waals surface area (Å²) in [5.74, 6) is -2.54. The molecule has 7 heteroatoms. The van der Waals surface area contributed by atoms with Crippen molar-refractivity contribution in [2.75, 3.05) is 12.4 Å². The van der Waals surface area contributed by atoms with E-state index in [0.717, 1.165) is 12.1 Å². The summed E-state index contributed by atoms with van der Waals surface area (Å²) in [5, 5.41) is 2.70. The summed E-state index contributed by atoms with van der Waals surface area (Å²) < 4.78 is 36.8. The van der Waals surface area contributed by atoms with Gasteiger partial charge in [0.2, 0.25) is 0 Å². The smallest absolute Gasteiger partial charge is 0.346 e. The quantitative estimate of drug-likeness (QED) is 0.522. The number of halogens is 2. The zero-order chi connectivity index (χ0) is 20.1. The highest BCUT2D eigenvalue weighted by Crippen LogP contribution is 2.21. The van der Waals surface area contributed by atoms with Gasteiger partial charge in [0.15, 0.2) is 0 Å². The molecule has 0 spiro atoms. The first-order valence-electron chi connectivity index (χ1n) is 8.19. The van der Waals surface area contributed by atoms with Gasteiger partial charge in [-0.15, -0.1) is 0 Å². The van der Waals surface area contributed by atoms with Gasteiger partial charge in [0.1, 0.15) is 23.1 Å². The van der Waals surface area contributed by atoms with Gasteiger partial charge in [-0.3, -0.25) is 4.79 Å². The molecular weight excluding hydrogens is 368 g/mol. The fourth-order valence-electron chi connectivity index (χ4n) is 2.45. The molecule has 28 heavy (non-hydrogen) atoms. The number of anilines is 1. The number of ether oxygens (including phenoxy) is 2. The minimum atomic E-state index is -1.01. The number of carbonyl (C=O) groups is 2. The van der Waals surface area contributed by atoms with E-state index in [1.165, 1.54) is 31.4 Å². The van der Waals surface area contributed by atoms with Gasteiger partial charge in [-0.1, -0.05) is 12.1 Å². The molecule has 0 aromatic heterocycles. The normalized spacial score (nSPS) is 10.2. The Bertz CT molecular complexity index is 1020. The van der Waals surface area contributed by atoms with Gasteiger partial charge in [-0.2, -0.15) is 0 Å². The molecule has 5 nitrogen and oxygen atoms in total. The zero-order valence-electron chi connectivity index (χ0n) is 14.7. The molecule has 0 atom stereocenters. The highest BCUT2D eigenvalue weighted by Gasteiger charge is 2.15. The van der Waals surface area contributed by atoms with Crippen molar-refractivity contribution >= 4 is 17.6 Å². The van der Waals surface area contributed by atoms with Crippen LogP contribution in [0.3, 0.4) is 0 Å². The topological polar surface area (TPSA) is 64.6 Å². The molecular formula is C21H15F2NO4. The van der Waals surface area contributed by atoms with Crippen LogP contribution in [0.15, 0.2) is 66.7 Å². The molecule has 3 aromatic carbocycles. The summed E-state index contributed by atoms with van der Waals surface area (Å²) in [5.41, 5.74) is 0.450. The molecule has 1 amide bonds. The highest BCUT2D eigenvalue weighted by atomic mass is 19.1. The van der Waals surface area contributed by atoms with Crippen LogP contribution in [-0.2, 0) is 0 Å². The van der Waals surface area contributed by atoms with Gasteiger partial charge in [-0.05, 0) is 48.5 Å². The number of carbonyl (C=O) groups excluding carboxylic acids is 2. The summed E-state index contributed by atoms with van der Waals surface area (Å²) >= 11 is 0. The molecule has 0 saturated carbocycles. The van der Waals surface area contributed by atoms with Gasteiger partial charge in [-0.25, -0.2) is 13.6 Å². The standard InChI is InChI=1S/C21H15F2NO4/c1-27-19-5-3-2-4-17(19)20(25)24-14-7-9-15(10-8-14)28-21(26)16-11-6-13(22)12-18(16)23/h2-12H,1H3,(H,24,25). The average Bonchev–Trinajstić information content (AvgIpc) is 2.69. The molecule has 0 radical (unpaired) electrons. The third-order valence-corrected chi connectivity index (χ3v) is 3.83. The fourth-order valence-corrected chi connectivity index (χ4v) is 2.45. The second-order valence-electron chi connectivity index (χ2n) is 5.69. The van der Waals surface area contributed by atoms with Crippen LogP contribution in [-0.4, -0.2) is 19.0 Å². The minimum Gasteiger partial charge on any atom is -0.496 e. The van der Waals surface area contributed by atoms with Crippen molar-refractivity contribution in [3.8, 4) is 11.5 Å². The summed E-state index contributed by atoms with van der Waals surface area (Å²) in [7, 11) is 1.47. The molecule has 3 aromatic rings. The van der Waals surface area contributed by atoms with Crippen molar-refractivity contribution in [2.45, 2.75) is 0 Å². The van der Waals surface area contributed by atoms with Crippen LogP contribution in [0.1, 0.15) is 20.7 Å². The highest BCUT2D eigenvalue weighted by molar-refractivity contribution is 6.06. The van der Waals surface area contributed by atoms with Crippen LogP contribution < -0.4 is 14.8 Å². The minimum absolute atomic E-state index is 0.143. The van der Waals surface area contributed by atoms with E-state index >= 15 is 0 Å². The van der Waals surface area contributed by atoms with E-state index < -0.39 is 17.6 Å². The van der Waals surface area contributed by atoms with Gasteiger partial charge in [0.25, 0.3) is 5.91 Å². The third-order valence-electron chi connectivity index (χ3n) is 3.83. The number of para-hydroxylation sites is 1. The number of rotatable bonds is 5. The Morgan fingerprint density at radius 2 is 1.61 bits per heavy atom. The lowest BCUT2D eigenvalue weighted by atomic mass is 10.2. The molecule has 0 aliphatic heterocycles. The van der Waals surface area contributed by atoms with E-state index in [4.69, 9.17) is 9.47 Å². The van der Waals surface area contributed by atoms with E-state index in [2.05, 4.69) is 5.32 Å². The maximum atomic E-state index is 13.6. The fraction of sp³-hybridized carbons (Fsp3) is 0.0476. The lowest BCUT2D eigenvalue weighted by molar-refractivity contribution is 0.0729. The zero-order valence-corrected chi connectivity index (χ0v) is 14.7. The number of hydrogen-bond acceptors (Lipinski definition) is 4. The lowest BCUT2D eigenvalue weighted by Gasteiger charge is -2.10. The summed E-state index contributed by atoms with van der Waals surface area (Å²) in [6, 6.07) is 15.3. The summed E-state index contributed by atoms with van der Waals surface area (Å²) in [4.78, 5) is 24.4.